The molecule has 1 spiro atoms. The topological polar surface area (TPSA) is 97.2 Å². The fourth-order valence-corrected chi connectivity index (χ4v) is 4.93. The van der Waals surface area contributed by atoms with Gasteiger partial charge in [-0.1, -0.05) is 11.6 Å². The van der Waals surface area contributed by atoms with Crippen LogP contribution in [-0.4, -0.2) is 52.5 Å². The molecule has 3 heterocycles. The number of hydrogen-bond acceptors (Lipinski definition) is 7. The van der Waals surface area contributed by atoms with Crippen molar-refractivity contribution >= 4 is 39.6 Å². The molecule has 2 aromatic rings. The summed E-state index contributed by atoms with van der Waals surface area (Å²) in [7, 11) is 1.78. The van der Waals surface area contributed by atoms with Crippen LogP contribution in [0.3, 0.4) is 0 Å². The number of pyridine rings is 2. The first kappa shape index (κ1) is 21.0. The zero-order chi connectivity index (χ0) is 22.6. The Morgan fingerprint density at radius 2 is 2.16 bits per heavy atom. The summed E-state index contributed by atoms with van der Waals surface area (Å²) in [5.41, 5.74) is 4.33. The lowest BCUT2D eigenvalue weighted by atomic mass is 9.91. The fraction of sp³-hybridized carbons (Fsp3) is 0.375. The van der Waals surface area contributed by atoms with E-state index in [0.29, 0.717) is 39.1 Å². The molecule has 32 heavy (non-hydrogen) atoms. The molecule has 1 unspecified atom stereocenters. The maximum absolute atomic E-state index is 10.7. The van der Waals surface area contributed by atoms with Gasteiger partial charge in [0, 0.05) is 60.0 Å². The normalized spacial score (nSPS) is 23.8. The van der Waals surface area contributed by atoms with E-state index in [-0.39, 0.29) is 17.0 Å². The second-order valence-corrected chi connectivity index (χ2v) is 9.46. The van der Waals surface area contributed by atoms with Crippen molar-refractivity contribution in [1.82, 2.24) is 20.6 Å². The number of fused-ring (bicyclic) bond motifs is 1. The summed E-state index contributed by atoms with van der Waals surface area (Å²) in [6, 6.07) is 4.25. The first-order chi connectivity index (χ1) is 15.3. The lowest BCUT2D eigenvalue weighted by Gasteiger charge is -2.39. The van der Waals surface area contributed by atoms with Crippen molar-refractivity contribution in [1.29, 1.82) is 5.41 Å². The van der Waals surface area contributed by atoms with Crippen LogP contribution < -0.4 is 15.5 Å². The third-order valence-corrected chi connectivity index (χ3v) is 6.82. The Labute approximate surface area is 192 Å². The molecule has 2 aromatic heterocycles. The van der Waals surface area contributed by atoms with Crippen LogP contribution in [0.1, 0.15) is 32.4 Å². The molecule has 8 heteroatoms. The van der Waals surface area contributed by atoms with Crippen LogP contribution in [0, 0.1) is 5.41 Å². The van der Waals surface area contributed by atoms with Crippen LogP contribution in [0.15, 0.2) is 47.5 Å². The average molecular weight is 451 g/mol. The number of aliphatic hydroxyl groups is 1. The Balaban J connectivity index is 1.53. The Kier molecular flexibility index (Phi) is 4.98. The molecule has 5 rings (SSSR count). The van der Waals surface area contributed by atoms with E-state index in [4.69, 9.17) is 22.0 Å². The number of allylic oxidation sites excluding steroid dienone is 4. The molecule has 1 saturated carbocycles. The molecule has 1 saturated heterocycles. The van der Waals surface area contributed by atoms with Gasteiger partial charge in [0.05, 0.1) is 28.3 Å². The Morgan fingerprint density at radius 3 is 2.88 bits per heavy atom. The summed E-state index contributed by atoms with van der Waals surface area (Å²) in [4.78, 5) is 11.7. The Hall–Kier alpha value is -2.90. The molecule has 0 radical (unpaired) electrons. The zero-order valence-electron chi connectivity index (χ0n) is 18.5. The van der Waals surface area contributed by atoms with E-state index < -0.39 is 0 Å². The number of aromatic nitrogens is 2. The first-order valence-corrected chi connectivity index (χ1v) is 11.3. The van der Waals surface area contributed by atoms with Crippen LogP contribution >= 0.6 is 11.6 Å². The molecule has 1 aliphatic heterocycles. The number of rotatable bonds is 3. The minimum Gasteiger partial charge on any atom is -0.507 e. The highest BCUT2D eigenvalue weighted by atomic mass is 35.5. The molecule has 2 aliphatic carbocycles. The SMILES string of the molecule is CN/C=C1/C=C(c2cc(Cl)c3cc(N4CC(C)NC5(CC5)C4)cnc3n2)C(O)=C(C)C1=N. The smallest absolute Gasteiger partial charge is 0.161 e. The minimum atomic E-state index is 0.0346. The molecule has 166 valence electrons. The number of aliphatic hydroxyl groups excluding tert-OH is 1. The van der Waals surface area contributed by atoms with Crippen molar-refractivity contribution in [2.75, 3.05) is 25.0 Å². The average Bonchev–Trinajstić information content (AvgIpc) is 3.51. The zero-order valence-corrected chi connectivity index (χ0v) is 19.2. The number of hydrogen-bond donors (Lipinski definition) is 4. The number of halogens is 1. The second kappa shape index (κ2) is 7.60. The standard InChI is InChI=1S/C24H27ClN6O/c1-13-11-31(12-24(30-13)4-5-24)16-7-17-19(25)8-20(29-23(17)28-10-16)18-6-15(9-27-3)21(26)14(2)22(18)32/h6-10,13,26-27,30,32H,4-5,11-12H2,1-3H3/b15-9-,26-21?. The predicted octanol–water partition coefficient (Wildman–Crippen LogP) is 3.97. The number of anilines is 1. The number of piperazine rings is 1. The molecular formula is C24H27ClN6O. The van der Waals surface area contributed by atoms with Gasteiger partial charge in [-0.25, -0.2) is 9.97 Å². The summed E-state index contributed by atoms with van der Waals surface area (Å²) in [6.07, 6.45) is 7.77. The van der Waals surface area contributed by atoms with Crippen LogP contribution in [0.4, 0.5) is 5.69 Å². The molecule has 4 N–H and O–H groups in total. The largest absolute Gasteiger partial charge is 0.507 e. The molecule has 0 amide bonds. The van der Waals surface area contributed by atoms with E-state index >= 15 is 0 Å². The summed E-state index contributed by atoms with van der Waals surface area (Å²) in [5, 5.41) is 27.0. The van der Waals surface area contributed by atoms with Gasteiger partial charge in [-0.3, -0.25) is 5.41 Å². The van der Waals surface area contributed by atoms with Crippen molar-refractivity contribution in [3.8, 4) is 0 Å². The monoisotopic (exact) mass is 450 g/mol. The van der Waals surface area contributed by atoms with Gasteiger partial charge in [0.2, 0.25) is 0 Å². The Morgan fingerprint density at radius 1 is 1.38 bits per heavy atom. The van der Waals surface area contributed by atoms with Crippen molar-refractivity contribution in [3.63, 3.8) is 0 Å². The highest BCUT2D eigenvalue weighted by molar-refractivity contribution is 6.35. The highest BCUT2D eigenvalue weighted by Gasteiger charge is 2.47. The lowest BCUT2D eigenvalue weighted by molar-refractivity contribution is 0.372. The quantitative estimate of drug-likeness (QED) is 0.565. The molecule has 0 bridgehead atoms. The van der Waals surface area contributed by atoms with E-state index in [2.05, 4.69) is 33.5 Å². The van der Waals surface area contributed by atoms with Crippen LogP contribution in [0.2, 0.25) is 5.02 Å². The van der Waals surface area contributed by atoms with E-state index in [1.54, 1.807) is 32.3 Å². The third kappa shape index (κ3) is 3.55. The molecule has 0 aromatic carbocycles. The summed E-state index contributed by atoms with van der Waals surface area (Å²) >= 11 is 6.69. The molecule has 7 nitrogen and oxygen atoms in total. The third-order valence-electron chi connectivity index (χ3n) is 6.51. The fourth-order valence-electron chi connectivity index (χ4n) is 4.69. The van der Waals surface area contributed by atoms with E-state index in [0.717, 1.165) is 24.2 Å². The van der Waals surface area contributed by atoms with Crippen molar-refractivity contribution < 1.29 is 5.11 Å². The van der Waals surface area contributed by atoms with Gasteiger partial charge in [0.25, 0.3) is 0 Å². The first-order valence-electron chi connectivity index (χ1n) is 10.9. The number of nitrogens with zero attached hydrogens (tertiary/aromatic N) is 3. The van der Waals surface area contributed by atoms with Crippen LogP contribution in [0.5, 0.6) is 0 Å². The van der Waals surface area contributed by atoms with Crippen molar-refractivity contribution in [3.05, 3.63) is 58.2 Å². The van der Waals surface area contributed by atoms with Crippen LogP contribution in [0.25, 0.3) is 16.6 Å². The second-order valence-electron chi connectivity index (χ2n) is 9.06. The minimum absolute atomic E-state index is 0.0346. The van der Waals surface area contributed by atoms with Crippen LogP contribution in [-0.2, 0) is 0 Å². The van der Waals surface area contributed by atoms with E-state index in [1.807, 2.05) is 6.20 Å². The van der Waals surface area contributed by atoms with Gasteiger partial charge in [0.15, 0.2) is 5.65 Å². The van der Waals surface area contributed by atoms with Gasteiger partial charge >= 0.3 is 0 Å². The number of nitrogens with one attached hydrogen (secondary N) is 3. The summed E-state index contributed by atoms with van der Waals surface area (Å²) in [5.74, 6) is 0.0346. The van der Waals surface area contributed by atoms with Crippen molar-refractivity contribution in [2.45, 2.75) is 38.3 Å². The summed E-state index contributed by atoms with van der Waals surface area (Å²) < 4.78 is 0. The van der Waals surface area contributed by atoms with E-state index in [9.17, 15) is 5.11 Å². The van der Waals surface area contributed by atoms with Gasteiger partial charge in [-0.15, -0.1) is 0 Å². The maximum atomic E-state index is 10.7. The van der Waals surface area contributed by atoms with Gasteiger partial charge in [-0.05, 0) is 44.9 Å². The van der Waals surface area contributed by atoms with E-state index in [1.165, 1.54) is 12.8 Å². The summed E-state index contributed by atoms with van der Waals surface area (Å²) in [6.45, 7) is 5.85. The van der Waals surface area contributed by atoms with Gasteiger partial charge in [-0.2, -0.15) is 0 Å². The lowest BCUT2D eigenvalue weighted by Crippen LogP contribution is -2.57. The molecule has 2 fully saturated rings. The maximum Gasteiger partial charge on any atom is 0.161 e. The van der Waals surface area contributed by atoms with Crippen molar-refractivity contribution in [2.24, 2.45) is 0 Å². The highest BCUT2D eigenvalue weighted by Crippen LogP contribution is 2.40. The van der Waals surface area contributed by atoms with Gasteiger partial charge in [0.1, 0.15) is 5.76 Å². The predicted molar refractivity (Wildman–Crippen MR) is 129 cm³/mol. The molecule has 3 aliphatic rings. The molecular weight excluding hydrogens is 424 g/mol. The molecule has 1 atom stereocenters. The van der Waals surface area contributed by atoms with Gasteiger partial charge < -0.3 is 20.6 Å². The Bertz CT molecular complexity index is 1230.